The first-order chi connectivity index (χ1) is 12.5. The smallest absolute Gasteiger partial charge is 0.254 e. The largest absolute Gasteiger partial charge is 0.489 e. The third-order valence-corrected chi connectivity index (χ3v) is 4.41. The SMILES string of the molecule is CC(=O)N1CCN(C(=O)c2cccc(OCc3ccc(F)cc3)c2)CC1. The van der Waals surface area contributed by atoms with Crippen molar-refractivity contribution in [1.29, 1.82) is 0 Å². The fraction of sp³-hybridized carbons (Fsp3) is 0.300. The van der Waals surface area contributed by atoms with Gasteiger partial charge in [-0.05, 0) is 35.9 Å². The van der Waals surface area contributed by atoms with Gasteiger partial charge in [-0.3, -0.25) is 9.59 Å². The van der Waals surface area contributed by atoms with Crippen LogP contribution in [0.15, 0.2) is 48.5 Å². The highest BCUT2D eigenvalue weighted by atomic mass is 19.1. The van der Waals surface area contributed by atoms with Gasteiger partial charge in [-0.25, -0.2) is 4.39 Å². The van der Waals surface area contributed by atoms with E-state index in [-0.39, 0.29) is 17.6 Å². The number of carbonyl (C=O) groups is 2. The molecule has 6 heteroatoms. The first-order valence-corrected chi connectivity index (χ1v) is 8.55. The van der Waals surface area contributed by atoms with Crippen LogP contribution < -0.4 is 4.74 Å². The van der Waals surface area contributed by atoms with Gasteiger partial charge in [0.25, 0.3) is 5.91 Å². The Bertz CT molecular complexity index is 784. The molecule has 0 atom stereocenters. The van der Waals surface area contributed by atoms with E-state index in [0.29, 0.717) is 44.1 Å². The van der Waals surface area contributed by atoms with Crippen molar-refractivity contribution in [2.45, 2.75) is 13.5 Å². The van der Waals surface area contributed by atoms with E-state index in [1.807, 2.05) is 0 Å². The van der Waals surface area contributed by atoms with E-state index in [9.17, 15) is 14.0 Å². The van der Waals surface area contributed by atoms with Crippen LogP contribution in [0.4, 0.5) is 4.39 Å². The lowest BCUT2D eigenvalue weighted by atomic mass is 10.1. The second kappa shape index (κ2) is 7.99. The van der Waals surface area contributed by atoms with Gasteiger partial charge in [0.15, 0.2) is 0 Å². The highest BCUT2D eigenvalue weighted by Crippen LogP contribution is 2.18. The molecule has 2 aromatic carbocycles. The number of amides is 2. The normalized spacial score (nSPS) is 14.2. The van der Waals surface area contributed by atoms with Crippen molar-refractivity contribution in [2.75, 3.05) is 26.2 Å². The summed E-state index contributed by atoms with van der Waals surface area (Å²) in [6.07, 6.45) is 0. The fourth-order valence-electron chi connectivity index (χ4n) is 2.87. The van der Waals surface area contributed by atoms with Crippen LogP contribution in [0.1, 0.15) is 22.8 Å². The molecule has 0 unspecified atom stereocenters. The maximum absolute atomic E-state index is 12.9. The highest BCUT2D eigenvalue weighted by molar-refractivity contribution is 5.94. The zero-order chi connectivity index (χ0) is 18.5. The molecular formula is C20H21FN2O3. The number of piperazine rings is 1. The van der Waals surface area contributed by atoms with E-state index in [2.05, 4.69) is 0 Å². The van der Waals surface area contributed by atoms with Crippen LogP contribution in [0, 0.1) is 5.82 Å². The molecule has 0 saturated carbocycles. The maximum Gasteiger partial charge on any atom is 0.254 e. The van der Waals surface area contributed by atoms with Crippen LogP contribution in [-0.4, -0.2) is 47.8 Å². The Hall–Kier alpha value is -2.89. The van der Waals surface area contributed by atoms with Crippen LogP contribution in [0.25, 0.3) is 0 Å². The van der Waals surface area contributed by atoms with E-state index >= 15 is 0 Å². The minimum absolute atomic E-state index is 0.0355. The molecule has 0 N–H and O–H groups in total. The summed E-state index contributed by atoms with van der Waals surface area (Å²) in [5.74, 6) is 0.266. The number of rotatable bonds is 4. The van der Waals surface area contributed by atoms with E-state index in [0.717, 1.165) is 5.56 Å². The second-order valence-electron chi connectivity index (χ2n) is 6.24. The third-order valence-electron chi connectivity index (χ3n) is 4.41. The average molecular weight is 356 g/mol. The summed E-state index contributed by atoms with van der Waals surface area (Å²) in [5.41, 5.74) is 1.40. The molecule has 1 aliphatic rings. The van der Waals surface area contributed by atoms with Crippen molar-refractivity contribution in [3.05, 3.63) is 65.5 Å². The summed E-state index contributed by atoms with van der Waals surface area (Å²) in [4.78, 5) is 27.5. The van der Waals surface area contributed by atoms with Crippen LogP contribution in [0.5, 0.6) is 5.75 Å². The van der Waals surface area contributed by atoms with E-state index in [4.69, 9.17) is 4.74 Å². The molecule has 26 heavy (non-hydrogen) atoms. The monoisotopic (exact) mass is 356 g/mol. The molecule has 0 aromatic heterocycles. The van der Waals surface area contributed by atoms with Crippen molar-refractivity contribution in [3.8, 4) is 5.75 Å². The van der Waals surface area contributed by atoms with Crippen molar-refractivity contribution in [1.82, 2.24) is 9.80 Å². The first-order valence-electron chi connectivity index (χ1n) is 8.55. The Morgan fingerprint density at radius 3 is 2.31 bits per heavy atom. The van der Waals surface area contributed by atoms with Crippen LogP contribution in [-0.2, 0) is 11.4 Å². The molecule has 1 fully saturated rings. The Balaban J connectivity index is 1.60. The molecule has 0 aliphatic carbocycles. The minimum Gasteiger partial charge on any atom is -0.489 e. The molecular weight excluding hydrogens is 335 g/mol. The standard InChI is InChI=1S/C20H21FN2O3/c1-15(24)22-9-11-23(12-10-22)20(25)17-3-2-4-19(13-17)26-14-16-5-7-18(21)8-6-16/h2-8,13H,9-12,14H2,1H3. The van der Waals surface area contributed by atoms with Crippen molar-refractivity contribution < 1.29 is 18.7 Å². The molecule has 1 saturated heterocycles. The van der Waals surface area contributed by atoms with Gasteiger partial charge in [0.1, 0.15) is 18.2 Å². The van der Waals surface area contributed by atoms with Crippen molar-refractivity contribution >= 4 is 11.8 Å². The van der Waals surface area contributed by atoms with E-state index < -0.39 is 0 Å². The highest BCUT2D eigenvalue weighted by Gasteiger charge is 2.23. The summed E-state index contributed by atoms with van der Waals surface area (Å²) < 4.78 is 18.6. The quantitative estimate of drug-likeness (QED) is 0.846. The molecule has 0 spiro atoms. The van der Waals surface area contributed by atoms with Gasteiger partial charge in [-0.15, -0.1) is 0 Å². The Labute approximate surface area is 152 Å². The zero-order valence-corrected chi connectivity index (χ0v) is 14.7. The summed E-state index contributed by atoms with van der Waals surface area (Å²) >= 11 is 0. The summed E-state index contributed by atoms with van der Waals surface area (Å²) in [6, 6.07) is 13.1. The Morgan fingerprint density at radius 1 is 1.00 bits per heavy atom. The lowest BCUT2D eigenvalue weighted by Crippen LogP contribution is -2.50. The van der Waals surface area contributed by atoms with Gasteiger partial charge in [-0.1, -0.05) is 18.2 Å². The van der Waals surface area contributed by atoms with E-state index in [1.165, 1.54) is 12.1 Å². The predicted octanol–water partition coefficient (Wildman–Crippen LogP) is 2.71. The van der Waals surface area contributed by atoms with Gasteiger partial charge in [0.2, 0.25) is 5.91 Å². The molecule has 136 valence electrons. The first kappa shape index (κ1) is 17.9. The number of nitrogens with zero attached hydrogens (tertiary/aromatic N) is 2. The van der Waals surface area contributed by atoms with Crippen molar-refractivity contribution in [2.24, 2.45) is 0 Å². The van der Waals surface area contributed by atoms with Gasteiger partial charge in [-0.2, -0.15) is 0 Å². The molecule has 5 nitrogen and oxygen atoms in total. The molecule has 1 aliphatic heterocycles. The van der Waals surface area contributed by atoms with Gasteiger partial charge >= 0.3 is 0 Å². The predicted molar refractivity (Wildman–Crippen MR) is 95.3 cm³/mol. The van der Waals surface area contributed by atoms with Gasteiger partial charge < -0.3 is 14.5 Å². The number of carbonyl (C=O) groups excluding carboxylic acids is 2. The zero-order valence-electron chi connectivity index (χ0n) is 14.7. The molecule has 3 rings (SSSR count). The maximum atomic E-state index is 12.9. The van der Waals surface area contributed by atoms with E-state index in [1.54, 1.807) is 53.1 Å². The average Bonchev–Trinajstić information content (AvgIpc) is 2.67. The van der Waals surface area contributed by atoms with Gasteiger partial charge in [0.05, 0.1) is 0 Å². The lowest BCUT2D eigenvalue weighted by Gasteiger charge is -2.34. The number of ether oxygens (including phenoxy) is 1. The molecule has 0 radical (unpaired) electrons. The fourth-order valence-corrected chi connectivity index (χ4v) is 2.87. The molecule has 2 aromatic rings. The Morgan fingerprint density at radius 2 is 1.65 bits per heavy atom. The number of benzene rings is 2. The van der Waals surface area contributed by atoms with Crippen molar-refractivity contribution in [3.63, 3.8) is 0 Å². The second-order valence-corrected chi connectivity index (χ2v) is 6.24. The lowest BCUT2D eigenvalue weighted by molar-refractivity contribution is -0.130. The van der Waals surface area contributed by atoms with Crippen LogP contribution in [0.2, 0.25) is 0 Å². The molecule has 0 bridgehead atoms. The van der Waals surface area contributed by atoms with Crippen LogP contribution >= 0.6 is 0 Å². The Kier molecular flexibility index (Phi) is 5.51. The third kappa shape index (κ3) is 4.39. The molecule has 1 heterocycles. The number of halogens is 1. The minimum atomic E-state index is -0.286. The summed E-state index contributed by atoms with van der Waals surface area (Å²) in [7, 11) is 0. The molecule has 2 amide bonds. The number of hydrogen-bond acceptors (Lipinski definition) is 3. The summed E-state index contributed by atoms with van der Waals surface area (Å²) in [5, 5.41) is 0. The number of hydrogen-bond donors (Lipinski definition) is 0. The topological polar surface area (TPSA) is 49.9 Å². The summed E-state index contributed by atoms with van der Waals surface area (Å²) in [6.45, 7) is 4.01. The van der Waals surface area contributed by atoms with Crippen LogP contribution in [0.3, 0.4) is 0 Å². The van der Waals surface area contributed by atoms with Gasteiger partial charge in [0, 0.05) is 38.7 Å².